The molecule has 1 aliphatic rings. The Kier molecular flexibility index (Phi) is 3.48. The summed E-state index contributed by atoms with van der Waals surface area (Å²) in [5.74, 6) is 1.35. The highest BCUT2D eigenvalue weighted by atomic mass is 15.3. The van der Waals surface area contributed by atoms with Crippen molar-refractivity contribution in [3.8, 4) is 0 Å². The van der Waals surface area contributed by atoms with Crippen molar-refractivity contribution in [2.75, 3.05) is 31.1 Å². The maximum atomic E-state index is 2.59. The van der Waals surface area contributed by atoms with Crippen LogP contribution in [0.2, 0.25) is 0 Å². The van der Waals surface area contributed by atoms with Gasteiger partial charge in [0.25, 0.3) is 0 Å². The molecule has 3 heteroatoms. The predicted molar refractivity (Wildman–Crippen MR) is 73.6 cm³/mol. The number of nitrogens with zero attached hydrogens (tertiary/aromatic N) is 3. The van der Waals surface area contributed by atoms with Crippen molar-refractivity contribution >= 4 is 5.82 Å². The maximum Gasteiger partial charge on any atom is 0.108 e. The molecule has 1 aromatic heterocycles. The third kappa shape index (κ3) is 2.83. The van der Waals surface area contributed by atoms with Crippen LogP contribution in [0.1, 0.15) is 27.2 Å². The number of aromatic nitrogens is 1. The van der Waals surface area contributed by atoms with Crippen LogP contribution in [0, 0.1) is 0 Å². The molecule has 17 heavy (non-hydrogen) atoms. The van der Waals surface area contributed by atoms with Gasteiger partial charge >= 0.3 is 0 Å². The highest BCUT2D eigenvalue weighted by Crippen LogP contribution is 2.20. The van der Waals surface area contributed by atoms with Crippen molar-refractivity contribution in [3.05, 3.63) is 18.3 Å². The van der Waals surface area contributed by atoms with Gasteiger partial charge in [-0.15, -0.1) is 0 Å². The van der Waals surface area contributed by atoms with Crippen LogP contribution in [0.4, 0.5) is 5.82 Å². The summed E-state index contributed by atoms with van der Waals surface area (Å²) < 4.78 is 2.22. The Morgan fingerprint density at radius 2 is 1.82 bits per heavy atom. The van der Waals surface area contributed by atoms with Gasteiger partial charge < -0.3 is 9.47 Å². The average molecular weight is 235 g/mol. The van der Waals surface area contributed by atoms with E-state index in [4.69, 9.17) is 0 Å². The van der Waals surface area contributed by atoms with E-state index in [9.17, 15) is 0 Å². The molecule has 0 unspecified atom stereocenters. The summed E-state index contributed by atoms with van der Waals surface area (Å²) in [4.78, 5) is 5.10. The van der Waals surface area contributed by atoms with Crippen LogP contribution < -0.4 is 4.90 Å². The zero-order chi connectivity index (χ0) is 12.5. The third-order valence-electron chi connectivity index (χ3n) is 3.68. The van der Waals surface area contributed by atoms with E-state index in [2.05, 4.69) is 60.5 Å². The Morgan fingerprint density at radius 3 is 2.41 bits per heavy atom. The average Bonchev–Trinajstić information content (AvgIpc) is 2.53. The molecule has 96 valence electrons. The van der Waals surface area contributed by atoms with Crippen molar-refractivity contribution in [1.82, 2.24) is 9.47 Å². The largest absolute Gasteiger partial charge is 0.357 e. The predicted octanol–water partition coefficient (Wildman–Crippen LogP) is 2.34. The number of rotatable bonds is 1. The highest BCUT2D eigenvalue weighted by molar-refractivity contribution is 5.40. The fourth-order valence-electron chi connectivity index (χ4n) is 2.60. The van der Waals surface area contributed by atoms with E-state index in [-0.39, 0.29) is 0 Å². The molecular formula is C14H25N3. The first-order valence-corrected chi connectivity index (χ1v) is 6.60. The van der Waals surface area contributed by atoms with Crippen molar-refractivity contribution in [2.45, 2.75) is 32.7 Å². The number of hydrogen-bond donors (Lipinski definition) is 0. The van der Waals surface area contributed by atoms with Gasteiger partial charge in [0.2, 0.25) is 0 Å². The lowest BCUT2D eigenvalue weighted by Crippen LogP contribution is -2.43. The minimum absolute atomic E-state index is 0.296. The Labute approximate surface area is 105 Å². The number of hydrogen-bond acceptors (Lipinski definition) is 2. The van der Waals surface area contributed by atoms with Gasteiger partial charge in [-0.1, -0.05) is 0 Å². The van der Waals surface area contributed by atoms with Crippen LogP contribution >= 0.6 is 0 Å². The summed E-state index contributed by atoms with van der Waals surface area (Å²) in [5.41, 5.74) is 0.296. The normalized spacial score (nSPS) is 19.4. The second-order valence-electron chi connectivity index (χ2n) is 5.98. The SMILES string of the molecule is Cn1cccc1N1CCCN(C(C)(C)C)CC1. The second-order valence-corrected chi connectivity index (χ2v) is 5.98. The lowest BCUT2D eigenvalue weighted by Gasteiger charge is -2.34. The molecule has 2 heterocycles. The fraction of sp³-hybridized carbons (Fsp3) is 0.714. The molecule has 0 aromatic carbocycles. The quantitative estimate of drug-likeness (QED) is 0.740. The Balaban J connectivity index is 2.04. The molecule has 0 bridgehead atoms. The van der Waals surface area contributed by atoms with Crippen LogP contribution in [0.3, 0.4) is 0 Å². The van der Waals surface area contributed by atoms with Gasteiger partial charge in [0.15, 0.2) is 0 Å². The first-order chi connectivity index (χ1) is 7.98. The zero-order valence-corrected chi connectivity index (χ0v) is 11.6. The molecule has 1 fully saturated rings. The molecular weight excluding hydrogens is 210 g/mol. The van der Waals surface area contributed by atoms with E-state index >= 15 is 0 Å². The fourth-order valence-corrected chi connectivity index (χ4v) is 2.60. The van der Waals surface area contributed by atoms with Gasteiger partial charge in [0.1, 0.15) is 5.82 Å². The number of anilines is 1. The zero-order valence-electron chi connectivity index (χ0n) is 11.6. The molecule has 0 radical (unpaired) electrons. The summed E-state index contributed by atoms with van der Waals surface area (Å²) >= 11 is 0. The van der Waals surface area contributed by atoms with Crippen molar-refractivity contribution < 1.29 is 0 Å². The van der Waals surface area contributed by atoms with E-state index < -0.39 is 0 Å². The lowest BCUT2D eigenvalue weighted by molar-refractivity contribution is 0.148. The minimum atomic E-state index is 0.296. The van der Waals surface area contributed by atoms with E-state index in [0.29, 0.717) is 5.54 Å². The Bertz CT molecular complexity index is 362. The highest BCUT2D eigenvalue weighted by Gasteiger charge is 2.24. The van der Waals surface area contributed by atoms with Gasteiger partial charge in [0, 0.05) is 45.0 Å². The van der Waals surface area contributed by atoms with Gasteiger partial charge in [-0.2, -0.15) is 0 Å². The molecule has 0 atom stereocenters. The Hall–Kier alpha value is -0.960. The third-order valence-corrected chi connectivity index (χ3v) is 3.68. The molecule has 0 aliphatic carbocycles. The van der Waals surface area contributed by atoms with Gasteiger partial charge in [-0.3, -0.25) is 4.90 Å². The van der Waals surface area contributed by atoms with Crippen LogP contribution in [0.15, 0.2) is 18.3 Å². The topological polar surface area (TPSA) is 11.4 Å². The molecule has 1 aliphatic heterocycles. The molecule has 0 N–H and O–H groups in total. The summed E-state index contributed by atoms with van der Waals surface area (Å²) in [6.07, 6.45) is 3.38. The van der Waals surface area contributed by atoms with Crippen LogP contribution in [0.25, 0.3) is 0 Å². The van der Waals surface area contributed by atoms with Crippen molar-refractivity contribution in [2.24, 2.45) is 7.05 Å². The standard InChI is InChI=1S/C14H25N3/c1-14(2,3)17-10-6-9-16(11-12-17)13-7-5-8-15(13)4/h5,7-8H,6,9-12H2,1-4H3. The minimum Gasteiger partial charge on any atom is -0.357 e. The first-order valence-electron chi connectivity index (χ1n) is 6.60. The van der Waals surface area contributed by atoms with Crippen LogP contribution in [-0.2, 0) is 7.05 Å². The second kappa shape index (κ2) is 4.73. The smallest absolute Gasteiger partial charge is 0.108 e. The van der Waals surface area contributed by atoms with Gasteiger partial charge in [0.05, 0.1) is 0 Å². The van der Waals surface area contributed by atoms with Gasteiger partial charge in [-0.25, -0.2) is 0 Å². The molecule has 0 saturated carbocycles. The van der Waals surface area contributed by atoms with Gasteiger partial charge in [-0.05, 0) is 39.3 Å². The maximum absolute atomic E-state index is 2.59. The van der Waals surface area contributed by atoms with Crippen molar-refractivity contribution in [1.29, 1.82) is 0 Å². The summed E-state index contributed by atoms with van der Waals surface area (Å²) in [5, 5.41) is 0. The molecule has 2 rings (SSSR count). The van der Waals surface area contributed by atoms with E-state index in [1.807, 2.05) is 0 Å². The number of aryl methyl sites for hydroxylation is 1. The van der Waals surface area contributed by atoms with Crippen molar-refractivity contribution in [3.63, 3.8) is 0 Å². The molecule has 1 saturated heterocycles. The summed E-state index contributed by atoms with van der Waals surface area (Å²) in [6.45, 7) is 11.6. The van der Waals surface area contributed by atoms with E-state index in [1.165, 1.54) is 25.3 Å². The van der Waals surface area contributed by atoms with Crippen LogP contribution in [0.5, 0.6) is 0 Å². The van der Waals surface area contributed by atoms with E-state index in [1.54, 1.807) is 0 Å². The molecule has 0 amide bonds. The first kappa shape index (κ1) is 12.5. The molecule has 0 spiro atoms. The Morgan fingerprint density at radius 1 is 1.06 bits per heavy atom. The molecule has 1 aromatic rings. The van der Waals surface area contributed by atoms with E-state index in [0.717, 1.165) is 13.1 Å². The monoisotopic (exact) mass is 235 g/mol. The van der Waals surface area contributed by atoms with Crippen LogP contribution in [-0.4, -0.2) is 41.2 Å². The molecule has 3 nitrogen and oxygen atoms in total. The summed E-state index contributed by atoms with van der Waals surface area (Å²) in [7, 11) is 2.13. The lowest BCUT2D eigenvalue weighted by atomic mass is 10.1. The summed E-state index contributed by atoms with van der Waals surface area (Å²) in [6, 6.07) is 4.34.